The van der Waals surface area contributed by atoms with Crippen molar-refractivity contribution >= 4 is 11.5 Å². The molecule has 0 amide bonds. The Morgan fingerprint density at radius 2 is 1.96 bits per heavy atom. The van der Waals surface area contributed by atoms with Gasteiger partial charge < -0.3 is 0 Å². The molecular weight excluding hydrogens is 284 g/mol. The van der Waals surface area contributed by atoms with E-state index in [1.54, 1.807) is 6.20 Å². The van der Waals surface area contributed by atoms with E-state index in [9.17, 15) is 0 Å². The number of fused-ring (bicyclic) bond motifs is 1. The third kappa shape index (κ3) is 2.69. The van der Waals surface area contributed by atoms with Crippen molar-refractivity contribution in [3.05, 3.63) is 72.2 Å². The molecule has 114 valence electrons. The largest absolute Gasteiger partial charge is 0.264 e. The summed E-state index contributed by atoms with van der Waals surface area (Å²) in [5.74, 6) is 1.03. The average Bonchev–Trinajstić information content (AvgIpc) is 3.29. The Hall–Kier alpha value is -2.72. The van der Waals surface area contributed by atoms with Crippen molar-refractivity contribution in [3.8, 4) is 11.1 Å². The fourth-order valence-corrected chi connectivity index (χ4v) is 2.88. The minimum atomic E-state index is 0.810. The molecule has 0 saturated heterocycles. The van der Waals surface area contributed by atoms with Gasteiger partial charge in [0.1, 0.15) is 5.69 Å². The van der Waals surface area contributed by atoms with E-state index in [1.807, 2.05) is 18.5 Å². The number of aromatic nitrogens is 2. The lowest BCUT2D eigenvalue weighted by Gasteiger charge is -2.17. The van der Waals surface area contributed by atoms with Crippen molar-refractivity contribution in [2.24, 2.45) is 0 Å². The molecule has 0 aliphatic carbocycles. The number of anilines is 2. The Balaban J connectivity index is 1.53. The zero-order chi connectivity index (χ0) is 15.8. The van der Waals surface area contributed by atoms with Crippen molar-refractivity contribution in [3.63, 3.8) is 0 Å². The van der Waals surface area contributed by atoms with Crippen LogP contribution in [0.2, 0.25) is 0 Å². The Bertz CT molecular complexity index is 845. The van der Waals surface area contributed by atoms with Gasteiger partial charge in [-0.1, -0.05) is 35.9 Å². The lowest BCUT2D eigenvalue weighted by atomic mass is 10.1. The van der Waals surface area contributed by atoms with Crippen molar-refractivity contribution in [2.75, 3.05) is 12.1 Å². The highest BCUT2D eigenvalue weighted by molar-refractivity contribution is 5.91. The smallest absolute Gasteiger partial charge is 0.173 e. The molecule has 0 atom stereocenters. The van der Waals surface area contributed by atoms with Crippen LogP contribution in [0.3, 0.4) is 0 Å². The van der Waals surface area contributed by atoms with E-state index < -0.39 is 0 Å². The minimum absolute atomic E-state index is 0.810. The van der Waals surface area contributed by atoms with Crippen LogP contribution in [0.25, 0.3) is 11.1 Å². The van der Waals surface area contributed by atoms with E-state index in [4.69, 9.17) is 0 Å². The zero-order valence-corrected chi connectivity index (χ0v) is 13.3. The second kappa shape index (κ2) is 5.48. The number of pyridine rings is 2. The number of hydrogen-bond donors (Lipinski definition) is 0. The molecule has 23 heavy (non-hydrogen) atoms. The van der Waals surface area contributed by atoms with Gasteiger partial charge in [0.15, 0.2) is 5.82 Å². The van der Waals surface area contributed by atoms with E-state index in [0.717, 1.165) is 17.9 Å². The SMILES string of the molecule is Cc1cccc(-c2cnc3c(c2)N3N(C)Cc2cccnc2)c1. The Morgan fingerprint density at radius 1 is 1.04 bits per heavy atom. The van der Waals surface area contributed by atoms with Gasteiger partial charge in [-0.25, -0.2) is 9.99 Å². The summed E-state index contributed by atoms with van der Waals surface area (Å²) < 4.78 is 0. The molecule has 4 heteroatoms. The number of rotatable bonds is 4. The minimum Gasteiger partial charge on any atom is -0.264 e. The highest BCUT2D eigenvalue weighted by Gasteiger charge is 2.35. The first-order valence-corrected chi connectivity index (χ1v) is 7.69. The highest BCUT2D eigenvalue weighted by atomic mass is 15.7. The summed E-state index contributed by atoms with van der Waals surface area (Å²) in [4.78, 5) is 8.76. The van der Waals surface area contributed by atoms with Crippen molar-refractivity contribution in [1.82, 2.24) is 15.0 Å². The number of hydrazine groups is 1. The average molecular weight is 302 g/mol. The number of nitrogens with zero attached hydrogens (tertiary/aromatic N) is 4. The van der Waals surface area contributed by atoms with E-state index in [-0.39, 0.29) is 0 Å². The summed E-state index contributed by atoms with van der Waals surface area (Å²) in [6, 6.07) is 14.8. The summed E-state index contributed by atoms with van der Waals surface area (Å²) in [5, 5.41) is 4.31. The monoisotopic (exact) mass is 302 g/mol. The van der Waals surface area contributed by atoms with Gasteiger partial charge in [-0.3, -0.25) is 9.99 Å². The quantitative estimate of drug-likeness (QED) is 0.683. The summed E-state index contributed by atoms with van der Waals surface area (Å²) in [6.45, 7) is 2.92. The van der Waals surface area contributed by atoms with E-state index in [2.05, 4.69) is 70.4 Å². The van der Waals surface area contributed by atoms with Gasteiger partial charge in [0, 0.05) is 37.7 Å². The van der Waals surface area contributed by atoms with Gasteiger partial charge in [0.2, 0.25) is 0 Å². The maximum Gasteiger partial charge on any atom is 0.173 e. The van der Waals surface area contributed by atoms with Crippen molar-refractivity contribution in [2.45, 2.75) is 13.5 Å². The summed E-state index contributed by atoms with van der Waals surface area (Å²) in [6.07, 6.45) is 5.65. The Morgan fingerprint density at radius 3 is 2.74 bits per heavy atom. The molecule has 2 aromatic heterocycles. The Labute approximate surface area is 136 Å². The van der Waals surface area contributed by atoms with Gasteiger partial charge in [-0.05, 0) is 30.2 Å². The second-order valence-corrected chi connectivity index (χ2v) is 5.93. The van der Waals surface area contributed by atoms with Crippen LogP contribution < -0.4 is 5.01 Å². The fraction of sp³-hybridized carbons (Fsp3) is 0.158. The van der Waals surface area contributed by atoms with Crippen molar-refractivity contribution in [1.29, 1.82) is 0 Å². The summed E-state index contributed by atoms with van der Waals surface area (Å²) in [5.41, 5.74) is 5.99. The third-order valence-electron chi connectivity index (χ3n) is 4.05. The van der Waals surface area contributed by atoms with Gasteiger partial charge >= 0.3 is 0 Å². The van der Waals surface area contributed by atoms with Crippen LogP contribution in [0.1, 0.15) is 11.1 Å². The predicted molar refractivity (Wildman–Crippen MR) is 92.3 cm³/mol. The third-order valence-corrected chi connectivity index (χ3v) is 4.05. The standard InChI is InChI=1S/C19H18N4/c1-14-5-3-7-16(9-14)17-10-18-19(21-12-17)23(18)22(2)13-15-6-4-8-20-11-15/h3-12H,13H2,1-2H3. The summed E-state index contributed by atoms with van der Waals surface area (Å²) in [7, 11) is 2.07. The molecule has 0 fully saturated rings. The molecule has 1 aromatic carbocycles. The molecule has 1 aliphatic heterocycles. The van der Waals surface area contributed by atoms with Gasteiger partial charge in [-0.2, -0.15) is 0 Å². The van der Waals surface area contributed by atoms with Crippen LogP contribution in [-0.4, -0.2) is 22.0 Å². The molecule has 0 radical (unpaired) electrons. The topological polar surface area (TPSA) is 32.0 Å². The van der Waals surface area contributed by atoms with E-state index in [0.29, 0.717) is 0 Å². The fourth-order valence-electron chi connectivity index (χ4n) is 2.88. The molecule has 4 rings (SSSR count). The van der Waals surface area contributed by atoms with Crippen LogP contribution in [-0.2, 0) is 6.54 Å². The number of benzene rings is 1. The van der Waals surface area contributed by atoms with Crippen LogP contribution in [0.4, 0.5) is 11.5 Å². The van der Waals surface area contributed by atoms with Crippen LogP contribution in [0, 0.1) is 6.92 Å². The first-order chi connectivity index (χ1) is 11.2. The molecule has 3 aromatic rings. The number of hydrogen-bond acceptors (Lipinski definition) is 4. The van der Waals surface area contributed by atoms with Gasteiger partial charge in [0.25, 0.3) is 0 Å². The highest BCUT2D eigenvalue weighted by Crippen LogP contribution is 2.48. The zero-order valence-electron chi connectivity index (χ0n) is 13.3. The molecule has 0 spiro atoms. The van der Waals surface area contributed by atoms with Crippen molar-refractivity contribution < 1.29 is 0 Å². The molecule has 0 unspecified atom stereocenters. The van der Waals surface area contributed by atoms with E-state index in [1.165, 1.54) is 22.4 Å². The maximum atomic E-state index is 4.59. The van der Waals surface area contributed by atoms with Crippen LogP contribution in [0.5, 0.6) is 0 Å². The first kappa shape index (κ1) is 13.9. The number of aryl methyl sites for hydroxylation is 1. The molecule has 3 heterocycles. The molecular formula is C19H18N4. The second-order valence-electron chi connectivity index (χ2n) is 5.93. The predicted octanol–water partition coefficient (Wildman–Crippen LogP) is 3.95. The normalized spacial score (nSPS) is 12.4. The Kier molecular flexibility index (Phi) is 3.32. The van der Waals surface area contributed by atoms with Crippen LogP contribution >= 0.6 is 0 Å². The van der Waals surface area contributed by atoms with Gasteiger partial charge in [0.05, 0.1) is 0 Å². The molecule has 1 aliphatic rings. The first-order valence-electron chi connectivity index (χ1n) is 7.69. The molecule has 0 bridgehead atoms. The van der Waals surface area contributed by atoms with Crippen LogP contribution in [0.15, 0.2) is 61.1 Å². The van der Waals surface area contributed by atoms with E-state index >= 15 is 0 Å². The molecule has 4 nitrogen and oxygen atoms in total. The summed E-state index contributed by atoms with van der Waals surface area (Å²) >= 11 is 0. The lowest BCUT2D eigenvalue weighted by molar-refractivity contribution is 0.353. The lowest BCUT2D eigenvalue weighted by Crippen LogP contribution is -2.26. The molecule has 0 N–H and O–H groups in total. The van der Waals surface area contributed by atoms with Gasteiger partial charge in [-0.15, -0.1) is 0 Å². The molecule has 0 saturated carbocycles. The maximum absolute atomic E-state index is 4.59.